The molecule has 0 aromatic carbocycles. The summed E-state index contributed by atoms with van der Waals surface area (Å²) in [6.07, 6.45) is 3.71. The summed E-state index contributed by atoms with van der Waals surface area (Å²) in [6, 6.07) is 3.36. The standard InChI is InChI=1S/C16H26ClN3O/c1-5-9-18-14-11-12(10-13(17)19-14)15(21)20-16(6-2,7-3)8-4/h10-11H,5-9H2,1-4H3,(H,18,19)(H,20,21). The van der Waals surface area contributed by atoms with Crippen molar-refractivity contribution in [3.05, 3.63) is 22.8 Å². The Labute approximate surface area is 132 Å². The van der Waals surface area contributed by atoms with Crippen LogP contribution in [0.3, 0.4) is 0 Å². The molecule has 1 heterocycles. The fourth-order valence-corrected chi connectivity index (χ4v) is 2.51. The summed E-state index contributed by atoms with van der Waals surface area (Å²) >= 11 is 6.01. The van der Waals surface area contributed by atoms with Crippen LogP contribution in [0.25, 0.3) is 0 Å². The molecule has 1 aromatic rings. The molecule has 2 N–H and O–H groups in total. The van der Waals surface area contributed by atoms with Crippen LogP contribution in [0.5, 0.6) is 0 Å². The largest absolute Gasteiger partial charge is 0.370 e. The third-order valence-corrected chi connectivity index (χ3v) is 4.22. The Hall–Kier alpha value is -1.29. The number of amides is 1. The topological polar surface area (TPSA) is 54.0 Å². The van der Waals surface area contributed by atoms with E-state index in [-0.39, 0.29) is 11.4 Å². The highest BCUT2D eigenvalue weighted by Gasteiger charge is 2.26. The van der Waals surface area contributed by atoms with Crippen LogP contribution in [-0.2, 0) is 0 Å². The SMILES string of the molecule is CCCNc1cc(C(=O)NC(CC)(CC)CC)cc(Cl)n1. The van der Waals surface area contributed by atoms with E-state index in [0.717, 1.165) is 32.2 Å². The van der Waals surface area contributed by atoms with E-state index >= 15 is 0 Å². The second-order valence-electron chi connectivity index (χ2n) is 5.29. The number of pyridine rings is 1. The summed E-state index contributed by atoms with van der Waals surface area (Å²) in [7, 11) is 0. The predicted molar refractivity (Wildman–Crippen MR) is 89.1 cm³/mol. The van der Waals surface area contributed by atoms with E-state index in [0.29, 0.717) is 16.5 Å². The Morgan fingerprint density at radius 2 is 1.81 bits per heavy atom. The van der Waals surface area contributed by atoms with Crippen molar-refractivity contribution in [2.24, 2.45) is 0 Å². The highest BCUT2D eigenvalue weighted by atomic mass is 35.5. The van der Waals surface area contributed by atoms with Gasteiger partial charge in [-0.25, -0.2) is 4.98 Å². The molecule has 0 bridgehead atoms. The first kappa shape index (κ1) is 17.8. The van der Waals surface area contributed by atoms with Gasteiger partial charge in [0.05, 0.1) is 0 Å². The highest BCUT2D eigenvalue weighted by Crippen LogP contribution is 2.21. The molecule has 0 aliphatic rings. The van der Waals surface area contributed by atoms with Crippen molar-refractivity contribution < 1.29 is 4.79 Å². The lowest BCUT2D eigenvalue weighted by Crippen LogP contribution is -2.47. The molecule has 0 radical (unpaired) electrons. The number of aromatic nitrogens is 1. The summed E-state index contributed by atoms with van der Waals surface area (Å²) in [5.74, 6) is 0.550. The Kier molecular flexibility index (Phi) is 6.96. The number of nitrogens with one attached hydrogen (secondary N) is 2. The van der Waals surface area contributed by atoms with Crippen molar-refractivity contribution in [2.75, 3.05) is 11.9 Å². The molecule has 0 saturated carbocycles. The van der Waals surface area contributed by atoms with Gasteiger partial charge >= 0.3 is 0 Å². The van der Waals surface area contributed by atoms with Crippen molar-refractivity contribution in [3.63, 3.8) is 0 Å². The molecule has 0 saturated heterocycles. The molecule has 1 aromatic heterocycles. The van der Waals surface area contributed by atoms with Crippen LogP contribution in [0.1, 0.15) is 63.7 Å². The van der Waals surface area contributed by atoms with Gasteiger partial charge in [0, 0.05) is 17.6 Å². The Bertz CT molecular complexity index is 464. The number of carbonyl (C=O) groups excluding carboxylic acids is 1. The summed E-state index contributed by atoms with van der Waals surface area (Å²) in [5.41, 5.74) is 0.400. The van der Waals surface area contributed by atoms with E-state index in [2.05, 4.69) is 43.3 Å². The van der Waals surface area contributed by atoms with Crippen molar-refractivity contribution in [3.8, 4) is 0 Å². The quantitative estimate of drug-likeness (QED) is 0.705. The molecule has 0 unspecified atom stereocenters. The molecule has 4 nitrogen and oxygen atoms in total. The Morgan fingerprint density at radius 3 is 2.33 bits per heavy atom. The maximum atomic E-state index is 12.5. The first-order valence-electron chi connectivity index (χ1n) is 7.74. The van der Waals surface area contributed by atoms with Crippen molar-refractivity contribution in [1.29, 1.82) is 0 Å². The number of hydrogen-bond donors (Lipinski definition) is 2. The molecule has 118 valence electrons. The molecule has 0 aliphatic carbocycles. The van der Waals surface area contributed by atoms with Gasteiger partial charge in [0.15, 0.2) is 0 Å². The van der Waals surface area contributed by atoms with Crippen LogP contribution >= 0.6 is 11.6 Å². The number of carbonyl (C=O) groups is 1. The van der Waals surface area contributed by atoms with Crippen molar-refractivity contribution in [1.82, 2.24) is 10.3 Å². The van der Waals surface area contributed by atoms with Crippen molar-refractivity contribution >= 4 is 23.3 Å². The lowest BCUT2D eigenvalue weighted by atomic mass is 9.89. The van der Waals surface area contributed by atoms with E-state index in [4.69, 9.17) is 11.6 Å². The lowest BCUT2D eigenvalue weighted by Gasteiger charge is -2.31. The zero-order valence-electron chi connectivity index (χ0n) is 13.4. The van der Waals surface area contributed by atoms with E-state index in [1.165, 1.54) is 0 Å². The molecule has 0 aliphatic heterocycles. The zero-order valence-corrected chi connectivity index (χ0v) is 14.2. The maximum Gasteiger partial charge on any atom is 0.251 e. The van der Waals surface area contributed by atoms with Crippen LogP contribution in [0.2, 0.25) is 5.15 Å². The lowest BCUT2D eigenvalue weighted by molar-refractivity contribution is 0.0888. The van der Waals surface area contributed by atoms with Gasteiger partial charge in [0.1, 0.15) is 11.0 Å². The molecular weight excluding hydrogens is 286 g/mol. The molecule has 0 spiro atoms. The number of hydrogen-bond acceptors (Lipinski definition) is 3. The van der Waals surface area contributed by atoms with Gasteiger partial charge in [0.25, 0.3) is 5.91 Å². The number of anilines is 1. The first-order chi connectivity index (χ1) is 10.00. The average molecular weight is 312 g/mol. The summed E-state index contributed by atoms with van der Waals surface area (Å²) in [6.45, 7) is 9.17. The van der Waals surface area contributed by atoms with Gasteiger partial charge in [-0.2, -0.15) is 0 Å². The minimum absolute atomic E-state index is 0.0931. The minimum Gasteiger partial charge on any atom is -0.370 e. The maximum absolute atomic E-state index is 12.5. The second kappa shape index (κ2) is 8.23. The van der Waals surface area contributed by atoms with E-state index in [1.807, 2.05) is 0 Å². The van der Waals surface area contributed by atoms with Gasteiger partial charge < -0.3 is 10.6 Å². The van der Waals surface area contributed by atoms with E-state index in [1.54, 1.807) is 12.1 Å². The van der Waals surface area contributed by atoms with Gasteiger partial charge in [-0.15, -0.1) is 0 Å². The molecule has 0 atom stereocenters. The van der Waals surface area contributed by atoms with Crippen molar-refractivity contribution in [2.45, 2.75) is 58.9 Å². The predicted octanol–water partition coefficient (Wildman–Crippen LogP) is 4.26. The minimum atomic E-state index is -0.149. The molecule has 5 heteroatoms. The molecule has 21 heavy (non-hydrogen) atoms. The summed E-state index contributed by atoms with van der Waals surface area (Å²) in [4.78, 5) is 16.7. The van der Waals surface area contributed by atoms with Crippen LogP contribution < -0.4 is 10.6 Å². The van der Waals surface area contributed by atoms with Crippen LogP contribution in [0.4, 0.5) is 5.82 Å². The number of halogens is 1. The van der Waals surface area contributed by atoms with Gasteiger partial charge in [-0.1, -0.05) is 39.3 Å². The fraction of sp³-hybridized carbons (Fsp3) is 0.625. The van der Waals surface area contributed by atoms with Crippen LogP contribution in [-0.4, -0.2) is 23.0 Å². The normalized spacial score (nSPS) is 11.3. The van der Waals surface area contributed by atoms with Crippen LogP contribution in [0, 0.1) is 0 Å². The fourth-order valence-electron chi connectivity index (χ4n) is 2.30. The number of rotatable bonds is 8. The highest BCUT2D eigenvalue weighted by molar-refractivity contribution is 6.29. The van der Waals surface area contributed by atoms with E-state index < -0.39 is 0 Å². The average Bonchev–Trinajstić information content (AvgIpc) is 2.50. The summed E-state index contributed by atoms with van der Waals surface area (Å²) in [5, 5.41) is 6.64. The molecule has 1 rings (SSSR count). The Morgan fingerprint density at radius 1 is 1.19 bits per heavy atom. The molecule has 0 fully saturated rings. The third kappa shape index (κ3) is 4.88. The Balaban J connectivity index is 2.93. The molecule has 1 amide bonds. The first-order valence-corrected chi connectivity index (χ1v) is 8.12. The molecular formula is C16H26ClN3O. The van der Waals surface area contributed by atoms with Gasteiger partial charge in [-0.3, -0.25) is 4.79 Å². The monoisotopic (exact) mass is 311 g/mol. The smallest absolute Gasteiger partial charge is 0.251 e. The third-order valence-electron chi connectivity index (χ3n) is 4.02. The van der Waals surface area contributed by atoms with Crippen LogP contribution in [0.15, 0.2) is 12.1 Å². The number of nitrogens with zero attached hydrogens (tertiary/aromatic N) is 1. The summed E-state index contributed by atoms with van der Waals surface area (Å²) < 4.78 is 0. The van der Waals surface area contributed by atoms with E-state index in [9.17, 15) is 4.79 Å². The second-order valence-corrected chi connectivity index (χ2v) is 5.67. The van der Waals surface area contributed by atoms with Gasteiger partial charge in [-0.05, 0) is 37.8 Å². The zero-order chi connectivity index (χ0) is 15.9. The van der Waals surface area contributed by atoms with Gasteiger partial charge in [0.2, 0.25) is 0 Å².